The Bertz CT molecular complexity index is 827. The number of para-hydroxylation sites is 1. The Labute approximate surface area is 157 Å². The molecular weight excluding hydrogens is 352 g/mol. The van der Waals surface area contributed by atoms with Crippen molar-refractivity contribution >= 4 is 23.3 Å². The molecule has 8 heteroatoms. The summed E-state index contributed by atoms with van der Waals surface area (Å²) in [7, 11) is 0. The van der Waals surface area contributed by atoms with E-state index in [-0.39, 0.29) is 30.0 Å². The van der Waals surface area contributed by atoms with Crippen molar-refractivity contribution in [2.75, 3.05) is 13.2 Å². The summed E-state index contributed by atoms with van der Waals surface area (Å²) >= 11 is 0. The third-order valence-electron chi connectivity index (χ3n) is 4.33. The van der Waals surface area contributed by atoms with E-state index in [1.54, 1.807) is 39.8 Å². The summed E-state index contributed by atoms with van der Waals surface area (Å²) in [6.07, 6.45) is 0. The first kappa shape index (κ1) is 20.3. The molecule has 0 fully saturated rings. The van der Waals surface area contributed by atoms with E-state index < -0.39 is 28.7 Å². The number of rotatable bonds is 6. The first-order valence-corrected chi connectivity index (χ1v) is 8.66. The maximum Gasteiger partial charge on any atom is 0.336 e. The fourth-order valence-corrected chi connectivity index (χ4v) is 3.30. The lowest BCUT2D eigenvalue weighted by Crippen LogP contribution is -2.36. The lowest BCUT2D eigenvalue weighted by molar-refractivity contribution is -0.385. The Morgan fingerprint density at radius 2 is 1.78 bits per heavy atom. The van der Waals surface area contributed by atoms with Gasteiger partial charge in [-0.1, -0.05) is 18.2 Å². The van der Waals surface area contributed by atoms with Gasteiger partial charge >= 0.3 is 11.9 Å². The zero-order valence-electron chi connectivity index (χ0n) is 15.7. The van der Waals surface area contributed by atoms with Crippen LogP contribution in [0.5, 0.6) is 0 Å². The normalized spacial score (nSPS) is 19.3. The fourth-order valence-electron chi connectivity index (χ4n) is 3.30. The van der Waals surface area contributed by atoms with E-state index in [4.69, 9.17) is 9.47 Å². The quantitative estimate of drug-likeness (QED) is 0.430. The fraction of sp³-hybridized carbons (Fsp3) is 0.421. The highest BCUT2D eigenvalue weighted by molar-refractivity contribution is 6.07. The molecule has 0 amide bonds. The molecule has 0 aliphatic carbocycles. The third-order valence-corrected chi connectivity index (χ3v) is 4.33. The highest BCUT2D eigenvalue weighted by Crippen LogP contribution is 2.43. The molecular formula is C19H22N2O6. The van der Waals surface area contributed by atoms with Crippen LogP contribution < -0.4 is 0 Å². The number of nitro groups is 1. The van der Waals surface area contributed by atoms with E-state index in [0.717, 1.165) is 0 Å². The van der Waals surface area contributed by atoms with Crippen molar-refractivity contribution in [3.05, 3.63) is 51.2 Å². The highest BCUT2D eigenvalue weighted by Gasteiger charge is 2.44. The Morgan fingerprint density at radius 3 is 2.37 bits per heavy atom. The second kappa shape index (κ2) is 8.57. The molecule has 2 unspecified atom stereocenters. The van der Waals surface area contributed by atoms with Gasteiger partial charge in [0.1, 0.15) is 5.92 Å². The van der Waals surface area contributed by atoms with Gasteiger partial charge in [-0.05, 0) is 27.7 Å². The van der Waals surface area contributed by atoms with E-state index in [9.17, 15) is 19.7 Å². The standard InChI is InChI=1S/C19H22N2O6/c1-5-26-18(22)15-11(3)20-12(4)16(19(23)27-6-2)17(15)13-9-7-8-10-14(13)21(24)25/h7-10,15,17H,5-6H2,1-4H3. The molecule has 1 aromatic rings. The SMILES string of the molecule is CCOC(=O)C1=C(C)N=C(C)C(C(=O)OCC)C1c1ccccc1[N+](=O)[O-]. The summed E-state index contributed by atoms with van der Waals surface area (Å²) in [5.41, 5.74) is 1.00. The van der Waals surface area contributed by atoms with Gasteiger partial charge in [-0.25, -0.2) is 4.79 Å². The summed E-state index contributed by atoms with van der Waals surface area (Å²) in [5.74, 6) is -3.10. The van der Waals surface area contributed by atoms with Gasteiger partial charge in [-0.3, -0.25) is 19.9 Å². The second-order valence-electron chi connectivity index (χ2n) is 6.00. The maximum absolute atomic E-state index is 12.7. The molecule has 0 N–H and O–H groups in total. The summed E-state index contributed by atoms with van der Waals surface area (Å²) < 4.78 is 10.3. The molecule has 0 bridgehead atoms. The van der Waals surface area contributed by atoms with Crippen LogP contribution in [0.1, 0.15) is 39.2 Å². The van der Waals surface area contributed by atoms with Gasteiger partial charge in [0.2, 0.25) is 0 Å². The van der Waals surface area contributed by atoms with Crippen LogP contribution >= 0.6 is 0 Å². The molecule has 0 radical (unpaired) electrons. The lowest BCUT2D eigenvalue weighted by Gasteiger charge is -2.31. The molecule has 0 saturated heterocycles. The minimum Gasteiger partial charge on any atom is -0.465 e. The van der Waals surface area contributed by atoms with Crippen LogP contribution in [-0.4, -0.2) is 35.8 Å². The summed E-state index contributed by atoms with van der Waals surface area (Å²) in [4.78, 5) is 40.6. The van der Waals surface area contributed by atoms with Crippen LogP contribution in [0.15, 0.2) is 40.5 Å². The third kappa shape index (κ3) is 4.05. The van der Waals surface area contributed by atoms with Crippen molar-refractivity contribution in [3.63, 3.8) is 0 Å². The minimum atomic E-state index is -0.950. The van der Waals surface area contributed by atoms with Crippen molar-refractivity contribution in [1.82, 2.24) is 0 Å². The zero-order valence-corrected chi connectivity index (χ0v) is 15.7. The predicted molar refractivity (Wildman–Crippen MR) is 98.4 cm³/mol. The van der Waals surface area contributed by atoms with Crippen LogP contribution in [-0.2, 0) is 19.1 Å². The van der Waals surface area contributed by atoms with Crippen LogP contribution in [0, 0.1) is 16.0 Å². The molecule has 1 heterocycles. The highest BCUT2D eigenvalue weighted by atomic mass is 16.6. The molecule has 8 nitrogen and oxygen atoms in total. The number of esters is 2. The van der Waals surface area contributed by atoms with Crippen LogP contribution in [0.4, 0.5) is 5.69 Å². The lowest BCUT2D eigenvalue weighted by atomic mass is 9.75. The number of hydrogen-bond donors (Lipinski definition) is 0. The number of hydrogen-bond acceptors (Lipinski definition) is 7. The predicted octanol–water partition coefficient (Wildman–Crippen LogP) is 3.17. The van der Waals surface area contributed by atoms with Gasteiger partial charge in [0.25, 0.3) is 5.69 Å². The van der Waals surface area contributed by atoms with Crippen LogP contribution in [0.3, 0.4) is 0 Å². The Balaban J connectivity index is 2.74. The molecule has 144 valence electrons. The van der Waals surface area contributed by atoms with E-state index in [1.807, 2.05) is 0 Å². The Morgan fingerprint density at radius 1 is 1.15 bits per heavy atom. The number of carbonyl (C=O) groups is 2. The van der Waals surface area contributed by atoms with E-state index in [0.29, 0.717) is 11.4 Å². The second-order valence-corrected chi connectivity index (χ2v) is 6.00. The average Bonchev–Trinajstić information content (AvgIpc) is 2.61. The molecule has 1 aromatic carbocycles. The number of nitro benzene ring substituents is 1. The summed E-state index contributed by atoms with van der Waals surface area (Å²) in [5, 5.41) is 11.6. The van der Waals surface area contributed by atoms with Crippen molar-refractivity contribution in [1.29, 1.82) is 0 Å². The number of nitrogens with zero attached hydrogens (tertiary/aromatic N) is 2. The van der Waals surface area contributed by atoms with Crippen molar-refractivity contribution in [3.8, 4) is 0 Å². The van der Waals surface area contributed by atoms with Crippen LogP contribution in [0.2, 0.25) is 0 Å². The van der Waals surface area contributed by atoms with Crippen molar-refractivity contribution in [2.45, 2.75) is 33.6 Å². The monoisotopic (exact) mass is 374 g/mol. The topological polar surface area (TPSA) is 108 Å². The molecule has 0 aromatic heterocycles. The maximum atomic E-state index is 12.7. The van der Waals surface area contributed by atoms with Gasteiger partial charge in [0.15, 0.2) is 0 Å². The van der Waals surface area contributed by atoms with Crippen molar-refractivity contribution < 1.29 is 24.0 Å². The average molecular weight is 374 g/mol. The van der Waals surface area contributed by atoms with Gasteiger partial charge < -0.3 is 9.47 Å². The Kier molecular flexibility index (Phi) is 6.44. The van der Waals surface area contributed by atoms with Crippen LogP contribution in [0.25, 0.3) is 0 Å². The molecule has 0 saturated carbocycles. The largest absolute Gasteiger partial charge is 0.465 e. The number of carbonyl (C=O) groups excluding carboxylic acids is 2. The number of ether oxygens (including phenoxy) is 2. The summed E-state index contributed by atoms with van der Waals surface area (Å²) in [6.45, 7) is 6.87. The van der Waals surface area contributed by atoms with E-state index in [2.05, 4.69) is 4.99 Å². The zero-order chi connectivity index (χ0) is 20.1. The van der Waals surface area contributed by atoms with E-state index in [1.165, 1.54) is 12.1 Å². The van der Waals surface area contributed by atoms with E-state index >= 15 is 0 Å². The summed E-state index contributed by atoms with van der Waals surface area (Å²) in [6, 6.07) is 6.05. The number of allylic oxidation sites excluding steroid dienone is 1. The molecule has 2 atom stereocenters. The first-order valence-electron chi connectivity index (χ1n) is 8.66. The molecule has 27 heavy (non-hydrogen) atoms. The number of aliphatic imine (C=N–C) groups is 1. The minimum absolute atomic E-state index is 0.131. The van der Waals surface area contributed by atoms with Crippen molar-refractivity contribution in [2.24, 2.45) is 10.9 Å². The molecule has 2 rings (SSSR count). The molecule has 1 aliphatic heterocycles. The number of benzene rings is 1. The Hall–Kier alpha value is -3.03. The van der Waals surface area contributed by atoms with Gasteiger partial charge in [-0.2, -0.15) is 0 Å². The van der Waals surface area contributed by atoms with Gasteiger partial charge in [0, 0.05) is 29.0 Å². The molecule has 1 aliphatic rings. The smallest absolute Gasteiger partial charge is 0.336 e. The first-order chi connectivity index (χ1) is 12.8. The van der Waals surface area contributed by atoms with Gasteiger partial charge in [0.05, 0.1) is 23.7 Å². The van der Waals surface area contributed by atoms with Gasteiger partial charge in [-0.15, -0.1) is 0 Å². The molecule has 0 spiro atoms.